The number of hydrogen-bond acceptors (Lipinski definition) is 11. The standard InChI is InChI=1S/C36H23N5.2C30H18N4O.C30H18N4.4Pt/c1-3-13-26(14-4-1)30-20-12-24-35(37-30)39(27-15-5-2-6-16-27)28-17-11-18-29(25-28)40-33-22-9-10-23-34(33)41-32-21-8-7-19-31(32)38-36(40)41;1-2-11-22(12-3-1)33-25-15-4-5-16-26(25)34-27-17-9-18-28(29(27)32-30(33)34)35-23-13-8-10-21(20-23)24-14-6-7-19-31-24;1-2-10-21(11-3-1)24-15-9-19-29(31-24)35-23-13-8-12-22(20-23)33-27-17-6-7-18-28(27)34-26-16-5-4-14-25(26)32-30(33)34;1-2-10-21(11-3-1)24-15-9-16-25(31-24)22-12-8-13-23(20-22)33-28-18-6-7-19-29(28)34-27-17-5-4-14-26(27)32-30(33)34;;;;/h1-13,15-24H;1-11,13-19H;1-10,12-19H;1-10,12-19H;;;;/q4*-2;4*+2. The van der Waals surface area contributed by atoms with Gasteiger partial charge in [0.15, 0.2) is 5.75 Å². The maximum absolute atomic E-state index is 6.33. The van der Waals surface area contributed by atoms with E-state index >= 15 is 0 Å². The Hall–Kier alpha value is -17.4. The van der Waals surface area contributed by atoms with E-state index in [-0.39, 0.29) is 84.3 Å². The summed E-state index contributed by atoms with van der Waals surface area (Å²) in [6.45, 7) is 0. The van der Waals surface area contributed by atoms with Gasteiger partial charge in [-0.2, -0.15) is 36.4 Å². The summed E-state index contributed by atoms with van der Waals surface area (Å²) in [6, 6.07) is 181. The number of ether oxygens (including phenoxy) is 2. The predicted molar refractivity (Wildman–Crippen MR) is 575 cm³/mol. The first kappa shape index (κ1) is 96.4. The van der Waals surface area contributed by atoms with Crippen molar-refractivity contribution in [3.63, 3.8) is 0 Å². The number of hydrogen-bond donors (Lipinski definition) is 0. The molecule has 19 nitrogen and oxygen atoms in total. The Bertz CT molecular complexity index is 9910. The van der Waals surface area contributed by atoms with E-state index in [1.807, 2.05) is 291 Å². The summed E-state index contributed by atoms with van der Waals surface area (Å²) in [4.78, 5) is 41.2. The van der Waals surface area contributed by atoms with Crippen LogP contribution < -0.4 is 14.4 Å². The molecule has 0 aliphatic carbocycles. The van der Waals surface area contributed by atoms with Gasteiger partial charge < -0.3 is 38.0 Å². The average Bonchev–Trinajstić information content (AvgIpc) is 1.56. The zero-order valence-electron chi connectivity index (χ0n) is 78.6. The molecule has 0 spiro atoms. The minimum absolute atomic E-state index is 0. The Morgan fingerprint density at radius 3 is 1.10 bits per heavy atom. The topological polar surface area (TPSA) is 162 Å². The van der Waals surface area contributed by atoms with Crippen LogP contribution in [0.3, 0.4) is 0 Å². The van der Waals surface area contributed by atoms with E-state index in [9.17, 15) is 0 Å². The number of benzene rings is 17. The second-order valence-corrected chi connectivity index (χ2v) is 34.4. The first-order valence-electron chi connectivity index (χ1n) is 47.5. The van der Waals surface area contributed by atoms with E-state index in [1.165, 1.54) is 0 Å². The molecule has 23 heteroatoms. The molecular weight excluding hydrogens is 2560 g/mol. The molecule has 0 unspecified atom stereocenters. The fourth-order valence-corrected chi connectivity index (χ4v) is 19.2. The summed E-state index contributed by atoms with van der Waals surface area (Å²) in [5, 5.41) is 0. The van der Waals surface area contributed by atoms with Gasteiger partial charge in [0.25, 0.3) is 0 Å². The van der Waals surface area contributed by atoms with Crippen molar-refractivity contribution in [1.82, 2.24) is 75.7 Å². The molecule has 0 saturated heterocycles. The summed E-state index contributed by atoms with van der Waals surface area (Å²) in [6.07, 6.45) is 1.78. The fraction of sp³-hybridized carbons (Fsp3) is 0. The van der Waals surface area contributed by atoms with Gasteiger partial charge in [0.05, 0.1) is 82.8 Å². The van der Waals surface area contributed by atoms with Crippen LogP contribution >= 0.6 is 0 Å². The first-order chi connectivity index (χ1) is 71.9. The Morgan fingerprint density at radius 2 is 0.584 bits per heavy atom. The second-order valence-electron chi connectivity index (χ2n) is 34.4. The molecule has 0 aliphatic rings. The van der Waals surface area contributed by atoms with Crippen LogP contribution in [-0.4, -0.2) is 75.7 Å². The van der Waals surface area contributed by atoms with Crippen LogP contribution in [0.1, 0.15) is 0 Å². The Morgan fingerprint density at radius 1 is 0.221 bits per heavy atom. The van der Waals surface area contributed by atoms with Crippen molar-refractivity contribution in [3.8, 4) is 102 Å². The third-order valence-electron chi connectivity index (χ3n) is 25.5. The van der Waals surface area contributed by atoms with Crippen LogP contribution in [0.25, 0.3) is 190 Å². The molecule has 0 atom stereocenters. The van der Waals surface area contributed by atoms with Crippen molar-refractivity contribution in [2.45, 2.75) is 0 Å². The number of aromatic nitrogens is 16. The molecule has 0 saturated carbocycles. The van der Waals surface area contributed by atoms with E-state index in [0.29, 0.717) is 23.1 Å². The molecule has 718 valence electrons. The van der Waals surface area contributed by atoms with Gasteiger partial charge in [-0.05, 0) is 162 Å². The second kappa shape index (κ2) is 42.3. The Labute approximate surface area is 912 Å². The van der Waals surface area contributed by atoms with Gasteiger partial charge in [-0.15, -0.1) is 204 Å². The Balaban J connectivity index is 0.000000112. The minimum Gasteiger partial charge on any atom is -0.475 e. The molecule has 149 heavy (non-hydrogen) atoms. The molecule has 0 N–H and O–H groups in total. The average molecular weight is 2640 g/mol. The monoisotopic (exact) mass is 2640 g/mol. The molecule has 0 fully saturated rings. The third kappa shape index (κ3) is 18.3. The van der Waals surface area contributed by atoms with Crippen LogP contribution in [-0.2, 0) is 84.3 Å². The maximum atomic E-state index is 6.33. The molecule has 29 aromatic rings. The SMILES string of the molecule is [Pt+2].[Pt+2].[Pt+2].[Pt+2].[c-]1c(Oc2cccc3c2nc2n(-c4[c-]cccc4)c4ccccc4n32)cccc1-c1ccccn1.[c-]1ccccc1-c1cccc(-c2[c-]c(-n3c4ccccc4n4c5ccccc5nc34)ccc2)n1.[c-]1ccccc1-c1cccc(N(c2[c-]c(-n3c4ccccc4n4c5ccccc5nc34)ccc2)c2ccccc2)n1.[c-]1ccccc1-c1cccc(Oc2[c-]c(-n3c4ccccc4n4c5ccccc5nc34)ccc2)n1. The van der Waals surface area contributed by atoms with E-state index in [2.05, 4.69) is 269 Å². The maximum Gasteiger partial charge on any atom is 2.00 e. The molecule has 17 aromatic carbocycles. The van der Waals surface area contributed by atoms with Crippen molar-refractivity contribution in [2.75, 3.05) is 4.90 Å². The number of fused-ring (bicyclic) bond motifs is 20. The molecule has 0 radical (unpaired) electrons. The van der Waals surface area contributed by atoms with Gasteiger partial charge in [-0.1, -0.05) is 193 Å². The van der Waals surface area contributed by atoms with Gasteiger partial charge in [0, 0.05) is 23.4 Å². The fourth-order valence-electron chi connectivity index (χ4n) is 19.2. The largest absolute Gasteiger partial charge is 2.00 e. The van der Waals surface area contributed by atoms with Gasteiger partial charge in [-0.25, -0.2) is 19.9 Å². The summed E-state index contributed by atoms with van der Waals surface area (Å²) in [5.41, 5.74) is 31.0. The molecular formula is C126H77N17O2Pt4. The van der Waals surface area contributed by atoms with Crippen molar-refractivity contribution in [1.29, 1.82) is 0 Å². The Kier molecular flexibility index (Phi) is 27.4. The summed E-state index contributed by atoms with van der Waals surface area (Å²) in [7, 11) is 0. The molecule has 29 rings (SSSR count). The number of imidazole rings is 8. The van der Waals surface area contributed by atoms with Crippen molar-refractivity contribution >= 4 is 129 Å². The quantitative estimate of drug-likeness (QED) is 0.0846. The smallest absolute Gasteiger partial charge is 0.475 e. The molecule has 12 heterocycles. The number of rotatable bonds is 16. The van der Waals surface area contributed by atoms with E-state index < -0.39 is 0 Å². The predicted octanol–water partition coefficient (Wildman–Crippen LogP) is 29.1. The van der Waals surface area contributed by atoms with Gasteiger partial charge in [0.1, 0.15) is 11.3 Å². The third-order valence-corrected chi connectivity index (χ3v) is 25.5. The van der Waals surface area contributed by atoms with Crippen LogP contribution in [0.4, 0.5) is 17.2 Å². The van der Waals surface area contributed by atoms with Gasteiger partial charge >= 0.3 is 84.3 Å². The molecule has 0 bridgehead atoms. The van der Waals surface area contributed by atoms with Crippen molar-refractivity contribution < 1.29 is 93.7 Å². The molecule has 12 aromatic heterocycles. The molecule has 0 amide bonds. The van der Waals surface area contributed by atoms with E-state index in [1.54, 1.807) is 6.20 Å². The number of para-hydroxylation sites is 17. The van der Waals surface area contributed by atoms with Crippen molar-refractivity contribution in [3.05, 3.63) is 516 Å². The first-order valence-corrected chi connectivity index (χ1v) is 47.5. The zero-order valence-corrected chi connectivity index (χ0v) is 87.7. The number of nitrogens with zero attached hydrogens (tertiary/aromatic N) is 17. The van der Waals surface area contributed by atoms with Crippen LogP contribution in [0.2, 0.25) is 0 Å². The number of pyridine rings is 4. The van der Waals surface area contributed by atoms with Gasteiger partial charge in [-0.3, -0.25) is 32.1 Å². The van der Waals surface area contributed by atoms with E-state index in [4.69, 9.17) is 39.4 Å². The van der Waals surface area contributed by atoms with Gasteiger partial charge in [0.2, 0.25) is 29.0 Å². The van der Waals surface area contributed by atoms with Crippen LogP contribution in [0.5, 0.6) is 23.1 Å². The molecule has 0 aliphatic heterocycles. The van der Waals surface area contributed by atoms with Crippen molar-refractivity contribution in [2.24, 2.45) is 0 Å². The number of anilines is 3. The van der Waals surface area contributed by atoms with E-state index in [0.717, 1.165) is 208 Å². The normalized spacial score (nSPS) is 11.1. The van der Waals surface area contributed by atoms with Crippen LogP contribution in [0.15, 0.2) is 467 Å². The zero-order chi connectivity index (χ0) is 96.0. The summed E-state index contributed by atoms with van der Waals surface area (Å²) >= 11 is 0. The minimum atomic E-state index is 0. The van der Waals surface area contributed by atoms with Crippen LogP contribution in [0, 0.1) is 48.5 Å². The summed E-state index contributed by atoms with van der Waals surface area (Å²) < 4.78 is 29.9. The summed E-state index contributed by atoms with van der Waals surface area (Å²) in [5.74, 6) is 6.54.